The summed E-state index contributed by atoms with van der Waals surface area (Å²) in [6.07, 6.45) is 7.97. The number of nitrogens with one attached hydrogen (secondary N) is 1. The first kappa shape index (κ1) is 22.2. The summed E-state index contributed by atoms with van der Waals surface area (Å²) in [6, 6.07) is 4.22. The fourth-order valence-electron chi connectivity index (χ4n) is 5.93. The summed E-state index contributed by atoms with van der Waals surface area (Å²) in [5.41, 5.74) is -0.318. The highest BCUT2D eigenvalue weighted by atomic mass is 32.2. The molecule has 1 amide bonds. The fraction of sp³-hybridized carbons (Fsp3) is 0.652. The smallest absolute Gasteiger partial charge is 0.243 e. The average molecular weight is 448 g/mol. The second kappa shape index (κ2) is 8.87. The molecule has 1 aromatic rings. The zero-order chi connectivity index (χ0) is 22.2. The van der Waals surface area contributed by atoms with Crippen molar-refractivity contribution in [3.8, 4) is 6.07 Å². The Morgan fingerprint density at radius 3 is 2.81 bits per heavy atom. The molecule has 1 heterocycles. The van der Waals surface area contributed by atoms with Crippen molar-refractivity contribution in [3.63, 3.8) is 0 Å². The maximum absolute atomic E-state index is 13.7. The minimum Gasteiger partial charge on any atom is -0.351 e. The maximum Gasteiger partial charge on any atom is 0.243 e. The molecule has 1 N–H and O–H groups in total. The number of carbonyl (C=O) groups excluding carboxylic acids is 1. The lowest BCUT2D eigenvalue weighted by atomic mass is 9.64. The van der Waals surface area contributed by atoms with Crippen LogP contribution in [-0.4, -0.2) is 37.3 Å². The van der Waals surface area contributed by atoms with Crippen LogP contribution in [0, 0.1) is 34.9 Å². The molecule has 6 nitrogen and oxygen atoms in total. The number of benzene rings is 1. The number of nitrogens with zero attached hydrogens (tertiary/aromatic N) is 2. The SMILES string of the molecule is CCC1CC2CCCC(C2)C1NC(=O)C1CCCN1S(=O)(=O)c1ccc(F)c(C#N)c1. The van der Waals surface area contributed by atoms with Gasteiger partial charge in [-0.05, 0) is 68.1 Å². The maximum atomic E-state index is 13.7. The molecule has 1 aliphatic heterocycles. The molecule has 1 aromatic carbocycles. The monoisotopic (exact) mass is 447 g/mol. The van der Waals surface area contributed by atoms with Gasteiger partial charge in [-0.15, -0.1) is 0 Å². The number of carbonyl (C=O) groups is 1. The molecule has 0 spiro atoms. The van der Waals surface area contributed by atoms with E-state index in [1.807, 2.05) is 0 Å². The molecular weight excluding hydrogens is 417 g/mol. The van der Waals surface area contributed by atoms with Crippen molar-refractivity contribution in [2.75, 3.05) is 6.54 Å². The third-order valence-corrected chi connectivity index (χ3v) is 9.38. The zero-order valence-electron chi connectivity index (χ0n) is 17.9. The van der Waals surface area contributed by atoms with Crippen LogP contribution in [0.2, 0.25) is 0 Å². The number of nitriles is 1. The van der Waals surface area contributed by atoms with Crippen LogP contribution in [0.5, 0.6) is 0 Å². The lowest BCUT2D eigenvalue weighted by molar-refractivity contribution is -0.126. The van der Waals surface area contributed by atoms with Gasteiger partial charge < -0.3 is 5.32 Å². The Hall–Kier alpha value is -1.98. The molecule has 4 rings (SSSR count). The summed E-state index contributed by atoms with van der Waals surface area (Å²) in [7, 11) is -4.00. The first-order valence-corrected chi connectivity index (χ1v) is 12.8. The van der Waals surface area contributed by atoms with Gasteiger partial charge in [-0.3, -0.25) is 4.79 Å². The van der Waals surface area contributed by atoms with Gasteiger partial charge in [0.15, 0.2) is 0 Å². The largest absolute Gasteiger partial charge is 0.351 e. The molecule has 168 valence electrons. The molecule has 5 unspecified atom stereocenters. The summed E-state index contributed by atoms with van der Waals surface area (Å²) in [5.74, 6) is 0.688. The molecule has 5 atom stereocenters. The van der Waals surface area contributed by atoms with Crippen molar-refractivity contribution in [2.45, 2.75) is 75.3 Å². The highest BCUT2D eigenvalue weighted by Crippen LogP contribution is 2.44. The van der Waals surface area contributed by atoms with Crippen molar-refractivity contribution in [1.82, 2.24) is 9.62 Å². The van der Waals surface area contributed by atoms with Crippen molar-refractivity contribution in [2.24, 2.45) is 17.8 Å². The second-order valence-corrected chi connectivity index (χ2v) is 11.1. The topological polar surface area (TPSA) is 90.3 Å². The lowest BCUT2D eigenvalue weighted by Gasteiger charge is -2.46. The number of amides is 1. The Labute approximate surface area is 183 Å². The van der Waals surface area contributed by atoms with E-state index in [0.717, 1.165) is 49.8 Å². The van der Waals surface area contributed by atoms with Gasteiger partial charge >= 0.3 is 0 Å². The van der Waals surface area contributed by atoms with Gasteiger partial charge in [0, 0.05) is 12.6 Å². The van der Waals surface area contributed by atoms with Crippen LogP contribution in [0.1, 0.15) is 63.9 Å². The Bertz CT molecular complexity index is 988. The molecule has 0 aromatic heterocycles. The van der Waals surface area contributed by atoms with Crippen LogP contribution in [0.4, 0.5) is 4.39 Å². The predicted octanol–water partition coefficient (Wildman–Crippen LogP) is 3.57. The number of sulfonamides is 1. The summed E-state index contributed by atoms with van der Waals surface area (Å²) in [4.78, 5) is 13.1. The van der Waals surface area contributed by atoms with Crippen LogP contribution in [0.3, 0.4) is 0 Å². The predicted molar refractivity (Wildman–Crippen MR) is 114 cm³/mol. The van der Waals surface area contributed by atoms with E-state index in [-0.39, 0.29) is 29.0 Å². The average Bonchev–Trinajstić information content (AvgIpc) is 3.27. The van der Waals surface area contributed by atoms with E-state index >= 15 is 0 Å². The quantitative estimate of drug-likeness (QED) is 0.747. The Balaban J connectivity index is 1.54. The standard InChI is InChI=1S/C23H30FN3O3S/c1-2-16-11-15-5-3-6-17(12-15)22(16)26-23(28)21-7-4-10-27(21)31(29,30)19-8-9-20(24)18(13-19)14-25/h8-9,13,15-17,21-22H,2-7,10-12H2,1H3,(H,26,28). The van der Waals surface area contributed by atoms with Crippen molar-refractivity contribution in [1.29, 1.82) is 5.26 Å². The summed E-state index contributed by atoms with van der Waals surface area (Å²) < 4.78 is 41.4. The van der Waals surface area contributed by atoms with Gasteiger partial charge in [-0.1, -0.05) is 26.2 Å². The van der Waals surface area contributed by atoms with Crippen LogP contribution >= 0.6 is 0 Å². The number of rotatable bonds is 5. The van der Waals surface area contributed by atoms with Crippen molar-refractivity contribution in [3.05, 3.63) is 29.6 Å². The second-order valence-electron chi connectivity index (χ2n) is 9.26. The van der Waals surface area contributed by atoms with Crippen LogP contribution < -0.4 is 5.32 Å². The number of hydrogen-bond donors (Lipinski definition) is 1. The fourth-order valence-corrected chi connectivity index (χ4v) is 7.61. The summed E-state index contributed by atoms with van der Waals surface area (Å²) in [5, 5.41) is 12.3. The Kier molecular flexibility index (Phi) is 6.36. The van der Waals surface area contributed by atoms with Gasteiger partial charge in [-0.25, -0.2) is 12.8 Å². The van der Waals surface area contributed by atoms with Gasteiger partial charge in [0.25, 0.3) is 0 Å². The van der Waals surface area contributed by atoms with Crippen LogP contribution in [0.25, 0.3) is 0 Å². The van der Waals surface area contributed by atoms with E-state index in [0.29, 0.717) is 24.7 Å². The number of hydrogen-bond acceptors (Lipinski definition) is 4. The van der Waals surface area contributed by atoms with E-state index in [4.69, 9.17) is 5.26 Å². The minimum atomic E-state index is -4.00. The zero-order valence-corrected chi connectivity index (χ0v) is 18.7. The van der Waals surface area contributed by atoms with Gasteiger partial charge in [0.05, 0.1) is 10.5 Å². The van der Waals surface area contributed by atoms with Crippen LogP contribution in [-0.2, 0) is 14.8 Å². The summed E-state index contributed by atoms with van der Waals surface area (Å²) in [6.45, 7) is 2.41. The van der Waals surface area contributed by atoms with Gasteiger partial charge in [-0.2, -0.15) is 9.57 Å². The first-order chi connectivity index (χ1) is 14.8. The molecule has 2 aliphatic carbocycles. The van der Waals surface area contributed by atoms with E-state index in [9.17, 15) is 17.6 Å². The lowest BCUT2D eigenvalue weighted by Crippen LogP contribution is -2.55. The third kappa shape index (κ3) is 4.22. The molecular formula is C23H30FN3O3S. The molecule has 0 radical (unpaired) electrons. The molecule has 31 heavy (non-hydrogen) atoms. The minimum absolute atomic E-state index is 0.107. The van der Waals surface area contributed by atoms with E-state index in [1.165, 1.54) is 17.1 Å². The molecule has 3 aliphatic rings. The van der Waals surface area contributed by atoms with E-state index < -0.39 is 21.9 Å². The normalized spacial score (nSPS) is 31.2. The number of fused-ring (bicyclic) bond motifs is 2. The summed E-state index contributed by atoms with van der Waals surface area (Å²) >= 11 is 0. The molecule has 2 bridgehead atoms. The Morgan fingerprint density at radius 1 is 1.26 bits per heavy atom. The third-order valence-electron chi connectivity index (χ3n) is 7.48. The van der Waals surface area contributed by atoms with Crippen molar-refractivity contribution < 1.29 is 17.6 Å². The van der Waals surface area contributed by atoms with Gasteiger partial charge in [0.2, 0.25) is 15.9 Å². The number of halogens is 1. The molecule has 2 saturated carbocycles. The van der Waals surface area contributed by atoms with E-state index in [2.05, 4.69) is 12.2 Å². The van der Waals surface area contributed by atoms with Crippen LogP contribution in [0.15, 0.2) is 23.1 Å². The molecule has 3 fully saturated rings. The van der Waals surface area contributed by atoms with Gasteiger partial charge in [0.1, 0.15) is 17.9 Å². The Morgan fingerprint density at radius 2 is 2.06 bits per heavy atom. The van der Waals surface area contributed by atoms with Crippen molar-refractivity contribution >= 4 is 15.9 Å². The highest BCUT2D eigenvalue weighted by molar-refractivity contribution is 7.89. The first-order valence-electron chi connectivity index (χ1n) is 11.4. The highest BCUT2D eigenvalue weighted by Gasteiger charge is 2.44. The molecule has 8 heteroatoms. The van der Waals surface area contributed by atoms with E-state index in [1.54, 1.807) is 6.07 Å². The molecule has 1 saturated heterocycles.